The van der Waals surface area contributed by atoms with Crippen molar-refractivity contribution in [2.45, 2.75) is 39.7 Å². The summed E-state index contributed by atoms with van der Waals surface area (Å²) in [5.41, 5.74) is 2.81. The first-order chi connectivity index (χ1) is 11.0. The van der Waals surface area contributed by atoms with Gasteiger partial charge in [-0.1, -0.05) is 43.6 Å². The molecule has 0 saturated heterocycles. The van der Waals surface area contributed by atoms with E-state index in [1.54, 1.807) is 6.07 Å². The average Bonchev–Trinajstić information content (AvgIpc) is 2.57. The molecule has 0 aliphatic carbocycles. The van der Waals surface area contributed by atoms with Crippen molar-refractivity contribution in [1.29, 1.82) is 0 Å². The van der Waals surface area contributed by atoms with Crippen LogP contribution in [0.4, 0.5) is 5.69 Å². The number of rotatable bonds is 6. The van der Waals surface area contributed by atoms with Crippen molar-refractivity contribution in [3.05, 3.63) is 58.6 Å². The van der Waals surface area contributed by atoms with Crippen LogP contribution < -0.4 is 10.1 Å². The van der Waals surface area contributed by atoms with Gasteiger partial charge in [-0.05, 0) is 55.2 Å². The van der Waals surface area contributed by atoms with Crippen LogP contribution in [0.3, 0.4) is 0 Å². The molecule has 2 rings (SSSR count). The summed E-state index contributed by atoms with van der Waals surface area (Å²) in [5.74, 6) is 0.532. The quantitative estimate of drug-likeness (QED) is 0.808. The second-order valence-corrected chi connectivity index (χ2v) is 5.82. The summed E-state index contributed by atoms with van der Waals surface area (Å²) in [6.07, 6.45) is 1.02. The highest BCUT2D eigenvalue weighted by molar-refractivity contribution is 6.31. The molecule has 0 spiro atoms. The number of carbonyl (C=O) groups is 1. The number of aryl methyl sites for hydroxylation is 1. The molecule has 0 bridgehead atoms. The number of hydrogen-bond donors (Lipinski definition) is 1. The number of amides is 1. The Hall–Kier alpha value is -2.00. The Morgan fingerprint density at radius 1 is 1.17 bits per heavy atom. The van der Waals surface area contributed by atoms with Crippen LogP contribution in [0.5, 0.6) is 5.75 Å². The molecular formula is C19H22ClNO2. The fourth-order valence-electron chi connectivity index (χ4n) is 2.25. The van der Waals surface area contributed by atoms with Crippen LogP contribution >= 0.6 is 11.6 Å². The third kappa shape index (κ3) is 4.49. The molecular weight excluding hydrogens is 310 g/mol. The minimum atomic E-state index is -0.541. The van der Waals surface area contributed by atoms with E-state index < -0.39 is 6.10 Å². The van der Waals surface area contributed by atoms with Crippen molar-refractivity contribution in [2.24, 2.45) is 0 Å². The number of ether oxygens (including phenoxy) is 1. The van der Waals surface area contributed by atoms with Gasteiger partial charge in [0.05, 0.1) is 0 Å². The van der Waals surface area contributed by atoms with Gasteiger partial charge in [0, 0.05) is 10.7 Å². The summed E-state index contributed by atoms with van der Waals surface area (Å²) in [6, 6.07) is 13.3. The van der Waals surface area contributed by atoms with Crippen molar-refractivity contribution in [3.8, 4) is 5.75 Å². The fourth-order valence-corrected chi connectivity index (χ4v) is 2.42. The van der Waals surface area contributed by atoms with E-state index in [4.69, 9.17) is 16.3 Å². The summed E-state index contributed by atoms with van der Waals surface area (Å²) in [5, 5.41) is 3.53. The van der Waals surface area contributed by atoms with Gasteiger partial charge in [-0.25, -0.2) is 0 Å². The third-order valence-corrected chi connectivity index (χ3v) is 4.21. The molecule has 1 N–H and O–H groups in total. The Balaban J connectivity index is 2.07. The molecule has 0 aromatic heterocycles. The molecule has 23 heavy (non-hydrogen) atoms. The molecule has 0 heterocycles. The molecule has 0 aliphatic rings. The molecule has 0 aliphatic heterocycles. The van der Waals surface area contributed by atoms with Gasteiger partial charge in [0.2, 0.25) is 0 Å². The normalized spacial score (nSPS) is 11.8. The molecule has 1 atom stereocenters. The Bertz CT molecular complexity index is 668. The van der Waals surface area contributed by atoms with Gasteiger partial charge < -0.3 is 10.1 Å². The number of halogens is 1. The van der Waals surface area contributed by atoms with E-state index in [-0.39, 0.29) is 5.91 Å². The smallest absolute Gasteiger partial charge is 0.265 e. The zero-order chi connectivity index (χ0) is 16.8. The molecule has 122 valence electrons. The minimum Gasteiger partial charge on any atom is -0.481 e. The summed E-state index contributed by atoms with van der Waals surface area (Å²) in [7, 11) is 0. The van der Waals surface area contributed by atoms with Crippen LogP contribution in [0.2, 0.25) is 5.02 Å². The largest absolute Gasteiger partial charge is 0.481 e. The topological polar surface area (TPSA) is 38.3 Å². The maximum atomic E-state index is 12.5. The van der Waals surface area contributed by atoms with Gasteiger partial charge in [-0.2, -0.15) is 0 Å². The van der Waals surface area contributed by atoms with Gasteiger partial charge in [-0.3, -0.25) is 4.79 Å². The van der Waals surface area contributed by atoms with Crippen molar-refractivity contribution >= 4 is 23.2 Å². The first kappa shape index (κ1) is 17.4. The first-order valence-electron chi connectivity index (χ1n) is 7.86. The van der Waals surface area contributed by atoms with Gasteiger partial charge in [0.1, 0.15) is 5.75 Å². The van der Waals surface area contributed by atoms with Crippen molar-refractivity contribution in [3.63, 3.8) is 0 Å². The van der Waals surface area contributed by atoms with Gasteiger partial charge in [0.25, 0.3) is 5.91 Å². The molecule has 4 heteroatoms. The molecule has 3 nitrogen and oxygen atoms in total. The molecule has 0 fully saturated rings. The lowest BCUT2D eigenvalue weighted by molar-refractivity contribution is -0.122. The maximum absolute atomic E-state index is 12.5. The van der Waals surface area contributed by atoms with E-state index in [9.17, 15) is 4.79 Å². The Morgan fingerprint density at radius 2 is 1.87 bits per heavy atom. The summed E-state index contributed by atoms with van der Waals surface area (Å²) < 4.78 is 5.82. The fraction of sp³-hybridized carbons (Fsp3) is 0.316. The number of benzene rings is 2. The molecule has 2 aromatic carbocycles. The summed E-state index contributed by atoms with van der Waals surface area (Å²) in [6.45, 7) is 5.91. The summed E-state index contributed by atoms with van der Waals surface area (Å²) >= 11 is 6.09. The predicted molar refractivity (Wildman–Crippen MR) is 95.3 cm³/mol. The summed E-state index contributed by atoms with van der Waals surface area (Å²) in [4.78, 5) is 12.5. The van der Waals surface area contributed by atoms with Gasteiger partial charge >= 0.3 is 0 Å². The van der Waals surface area contributed by atoms with E-state index in [1.165, 1.54) is 5.56 Å². The van der Waals surface area contributed by atoms with Crippen LogP contribution in [0, 0.1) is 6.92 Å². The van der Waals surface area contributed by atoms with E-state index >= 15 is 0 Å². The molecule has 2 aromatic rings. The Labute approximate surface area is 142 Å². The zero-order valence-electron chi connectivity index (χ0n) is 13.7. The lowest BCUT2D eigenvalue weighted by Gasteiger charge is -2.18. The second-order valence-electron chi connectivity index (χ2n) is 5.41. The highest BCUT2D eigenvalue weighted by Gasteiger charge is 2.19. The SMILES string of the molecule is CCc1ccc(O[C@H](CC)C(=O)Nc2cccc(Cl)c2C)cc1. The average molecular weight is 332 g/mol. The van der Waals surface area contributed by atoms with E-state index in [2.05, 4.69) is 12.2 Å². The van der Waals surface area contributed by atoms with Crippen molar-refractivity contribution in [2.75, 3.05) is 5.32 Å². The van der Waals surface area contributed by atoms with Crippen LogP contribution in [-0.4, -0.2) is 12.0 Å². The number of nitrogens with one attached hydrogen (secondary N) is 1. The minimum absolute atomic E-state index is 0.169. The maximum Gasteiger partial charge on any atom is 0.265 e. The highest BCUT2D eigenvalue weighted by atomic mass is 35.5. The monoisotopic (exact) mass is 331 g/mol. The van der Waals surface area contributed by atoms with Crippen molar-refractivity contribution < 1.29 is 9.53 Å². The molecule has 0 saturated carbocycles. The zero-order valence-corrected chi connectivity index (χ0v) is 14.5. The van der Waals surface area contributed by atoms with Crippen molar-refractivity contribution in [1.82, 2.24) is 0 Å². The van der Waals surface area contributed by atoms with Crippen LogP contribution in [-0.2, 0) is 11.2 Å². The lowest BCUT2D eigenvalue weighted by Crippen LogP contribution is -2.32. The lowest BCUT2D eigenvalue weighted by atomic mass is 10.1. The van der Waals surface area contributed by atoms with E-state index in [0.717, 1.165) is 12.0 Å². The van der Waals surface area contributed by atoms with Crippen LogP contribution in [0.15, 0.2) is 42.5 Å². The van der Waals surface area contributed by atoms with E-state index in [0.29, 0.717) is 22.9 Å². The third-order valence-electron chi connectivity index (χ3n) is 3.80. The standard InChI is InChI=1S/C19H22ClNO2/c1-4-14-9-11-15(12-10-14)23-18(5-2)19(22)21-17-8-6-7-16(20)13(17)3/h6-12,18H,4-5H2,1-3H3,(H,21,22)/t18-/m1/s1. The first-order valence-corrected chi connectivity index (χ1v) is 8.24. The highest BCUT2D eigenvalue weighted by Crippen LogP contribution is 2.23. The number of hydrogen-bond acceptors (Lipinski definition) is 2. The van der Waals surface area contributed by atoms with Gasteiger partial charge in [0.15, 0.2) is 6.10 Å². The van der Waals surface area contributed by atoms with E-state index in [1.807, 2.05) is 50.2 Å². The van der Waals surface area contributed by atoms with Crippen LogP contribution in [0.25, 0.3) is 0 Å². The Morgan fingerprint density at radius 3 is 2.48 bits per heavy atom. The number of carbonyl (C=O) groups excluding carboxylic acids is 1. The molecule has 0 radical (unpaired) electrons. The number of anilines is 1. The predicted octanol–water partition coefficient (Wildman–Crippen LogP) is 5.01. The molecule has 0 unspecified atom stereocenters. The van der Waals surface area contributed by atoms with Crippen LogP contribution in [0.1, 0.15) is 31.4 Å². The Kier molecular flexibility index (Phi) is 6.05. The molecule has 1 amide bonds. The van der Waals surface area contributed by atoms with Gasteiger partial charge in [-0.15, -0.1) is 0 Å². The second kappa shape index (κ2) is 8.02.